The van der Waals surface area contributed by atoms with Crippen LogP contribution in [-0.2, 0) is 10.0 Å². The molecule has 5 nitrogen and oxygen atoms in total. The van der Waals surface area contributed by atoms with Gasteiger partial charge in [-0.05, 0) is 30.3 Å². The average molecular weight is 326 g/mol. The summed E-state index contributed by atoms with van der Waals surface area (Å²) in [6.45, 7) is 0. The fourth-order valence-corrected chi connectivity index (χ4v) is 2.32. The number of halogens is 2. The monoisotopic (exact) mass is 326 g/mol. The molecule has 2 aromatic rings. The van der Waals surface area contributed by atoms with Crippen molar-refractivity contribution in [3.05, 3.63) is 59.7 Å². The molecule has 0 bridgehead atoms. The summed E-state index contributed by atoms with van der Waals surface area (Å²) in [6.07, 6.45) is 0.994. The van der Waals surface area contributed by atoms with Crippen molar-refractivity contribution in [2.45, 2.75) is 0 Å². The Morgan fingerprint density at radius 3 is 2.18 bits per heavy atom. The molecular weight excluding hydrogens is 314 g/mol. The molecule has 8 heteroatoms. The molecule has 0 aliphatic carbocycles. The van der Waals surface area contributed by atoms with Gasteiger partial charge in [0.1, 0.15) is 11.6 Å². The van der Waals surface area contributed by atoms with Gasteiger partial charge < -0.3 is 5.32 Å². The van der Waals surface area contributed by atoms with E-state index in [0.717, 1.165) is 18.4 Å². The number of rotatable bonds is 4. The molecule has 2 N–H and O–H groups in total. The van der Waals surface area contributed by atoms with Crippen molar-refractivity contribution in [1.29, 1.82) is 0 Å². The molecule has 0 fully saturated rings. The topological polar surface area (TPSA) is 75.3 Å². The minimum atomic E-state index is -3.45. The lowest BCUT2D eigenvalue weighted by atomic mass is 10.2. The highest BCUT2D eigenvalue weighted by molar-refractivity contribution is 7.92. The van der Waals surface area contributed by atoms with E-state index in [0.29, 0.717) is 6.07 Å². The van der Waals surface area contributed by atoms with Gasteiger partial charge in [0.25, 0.3) is 5.91 Å². The van der Waals surface area contributed by atoms with Crippen LogP contribution in [-0.4, -0.2) is 20.6 Å². The predicted molar refractivity (Wildman–Crippen MR) is 79.2 cm³/mol. The minimum Gasteiger partial charge on any atom is -0.322 e. The molecule has 116 valence electrons. The summed E-state index contributed by atoms with van der Waals surface area (Å²) in [4.78, 5) is 11.9. The largest absolute Gasteiger partial charge is 0.322 e. The van der Waals surface area contributed by atoms with Gasteiger partial charge in [-0.15, -0.1) is 0 Å². The maximum absolute atomic E-state index is 13.1. The highest BCUT2D eigenvalue weighted by atomic mass is 32.2. The molecule has 2 rings (SSSR count). The molecule has 2 aromatic carbocycles. The zero-order chi connectivity index (χ0) is 16.3. The molecule has 0 aromatic heterocycles. The van der Waals surface area contributed by atoms with Crippen molar-refractivity contribution >= 4 is 27.3 Å². The normalized spacial score (nSPS) is 11.0. The molecule has 0 atom stereocenters. The first-order valence-corrected chi connectivity index (χ1v) is 7.97. The van der Waals surface area contributed by atoms with Gasteiger partial charge in [-0.1, -0.05) is 6.07 Å². The van der Waals surface area contributed by atoms with Crippen LogP contribution in [0.4, 0.5) is 20.2 Å². The highest BCUT2D eigenvalue weighted by Gasteiger charge is 2.10. The van der Waals surface area contributed by atoms with Crippen LogP contribution in [0.2, 0.25) is 0 Å². The van der Waals surface area contributed by atoms with E-state index < -0.39 is 27.6 Å². The Balaban J connectivity index is 2.20. The summed E-state index contributed by atoms with van der Waals surface area (Å²) in [5.41, 5.74) is 0.355. The fourth-order valence-electron chi connectivity index (χ4n) is 1.76. The van der Waals surface area contributed by atoms with Crippen LogP contribution in [0, 0.1) is 11.6 Å². The van der Waals surface area contributed by atoms with Crippen molar-refractivity contribution in [3.63, 3.8) is 0 Å². The third kappa shape index (κ3) is 4.52. The molecule has 22 heavy (non-hydrogen) atoms. The molecule has 0 radical (unpaired) electrons. The van der Waals surface area contributed by atoms with Crippen molar-refractivity contribution in [3.8, 4) is 0 Å². The van der Waals surface area contributed by atoms with Crippen molar-refractivity contribution < 1.29 is 22.0 Å². The van der Waals surface area contributed by atoms with E-state index in [1.165, 1.54) is 24.3 Å². The number of amides is 1. The third-order valence-corrected chi connectivity index (χ3v) is 3.15. The van der Waals surface area contributed by atoms with Crippen LogP contribution in [0.15, 0.2) is 42.5 Å². The molecule has 0 saturated heterocycles. The SMILES string of the molecule is CS(=O)(=O)Nc1cccc(NC(=O)c2cc(F)cc(F)c2)c1. The molecule has 0 spiro atoms. The average Bonchev–Trinajstić information content (AvgIpc) is 2.35. The molecule has 0 aliphatic heterocycles. The minimum absolute atomic E-state index is 0.182. The van der Waals surface area contributed by atoms with Crippen LogP contribution < -0.4 is 10.0 Å². The number of hydrogen-bond acceptors (Lipinski definition) is 3. The van der Waals surface area contributed by atoms with Crippen molar-refractivity contribution in [1.82, 2.24) is 0 Å². The van der Waals surface area contributed by atoms with Gasteiger partial charge in [-0.25, -0.2) is 17.2 Å². The van der Waals surface area contributed by atoms with Gasteiger partial charge in [0.05, 0.1) is 11.9 Å². The number of carbonyl (C=O) groups excluding carboxylic acids is 1. The second-order valence-electron chi connectivity index (χ2n) is 4.57. The standard InChI is InChI=1S/C14H12F2N2O3S/c1-22(20,21)18-13-4-2-3-12(8-13)17-14(19)9-5-10(15)7-11(16)6-9/h2-8,18H,1H3,(H,17,19). The number of nitrogens with one attached hydrogen (secondary N) is 2. The summed E-state index contributed by atoms with van der Waals surface area (Å²) in [5, 5.41) is 2.43. The number of anilines is 2. The van der Waals surface area contributed by atoms with E-state index in [-0.39, 0.29) is 16.9 Å². The summed E-state index contributed by atoms with van der Waals surface area (Å²) >= 11 is 0. The van der Waals surface area contributed by atoms with Crippen molar-refractivity contribution in [2.24, 2.45) is 0 Å². The van der Waals surface area contributed by atoms with E-state index in [9.17, 15) is 22.0 Å². The third-order valence-electron chi connectivity index (χ3n) is 2.55. The number of hydrogen-bond donors (Lipinski definition) is 2. The Labute approximate surface area is 126 Å². The zero-order valence-electron chi connectivity index (χ0n) is 11.4. The Kier molecular flexibility index (Phi) is 4.41. The lowest BCUT2D eigenvalue weighted by Crippen LogP contribution is -2.13. The molecule has 0 saturated carbocycles. The Hall–Kier alpha value is -2.48. The quantitative estimate of drug-likeness (QED) is 0.907. The van der Waals surface area contributed by atoms with E-state index in [1.807, 2.05) is 0 Å². The first kappa shape index (κ1) is 15.9. The summed E-state index contributed by atoms with van der Waals surface area (Å²) < 4.78 is 50.7. The number of benzene rings is 2. The zero-order valence-corrected chi connectivity index (χ0v) is 12.2. The summed E-state index contributed by atoms with van der Waals surface area (Å²) in [7, 11) is -3.45. The van der Waals surface area contributed by atoms with Crippen LogP contribution >= 0.6 is 0 Å². The van der Waals surface area contributed by atoms with E-state index in [4.69, 9.17) is 0 Å². The summed E-state index contributed by atoms with van der Waals surface area (Å²) in [6, 6.07) is 8.38. The molecular formula is C14H12F2N2O3S. The first-order valence-electron chi connectivity index (χ1n) is 6.08. The Morgan fingerprint density at radius 2 is 1.59 bits per heavy atom. The molecule has 1 amide bonds. The van der Waals surface area contributed by atoms with Gasteiger partial charge in [0.15, 0.2) is 0 Å². The van der Waals surface area contributed by atoms with E-state index >= 15 is 0 Å². The second kappa shape index (κ2) is 6.10. The van der Waals surface area contributed by atoms with Gasteiger partial charge in [0, 0.05) is 17.3 Å². The van der Waals surface area contributed by atoms with E-state index in [1.54, 1.807) is 0 Å². The molecule has 0 aliphatic rings. The van der Waals surface area contributed by atoms with Crippen LogP contribution in [0.1, 0.15) is 10.4 Å². The smallest absolute Gasteiger partial charge is 0.255 e. The lowest BCUT2D eigenvalue weighted by Gasteiger charge is -2.08. The highest BCUT2D eigenvalue weighted by Crippen LogP contribution is 2.17. The van der Waals surface area contributed by atoms with Gasteiger partial charge in [0.2, 0.25) is 10.0 Å². The van der Waals surface area contributed by atoms with Gasteiger partial charge in [-0.3, -0.25) is 9.52 Å². The number of carbonyl (C=O) groups is 1. The van der Waals surface area contributed by atoms with Gasteiger partial charge in [-0.2, -0.15) is 0 Å². The maximum Gasteiger partial charge on any atom is 0.255 e. The number of sulfonamides is 1. The maximum atomic E-state index is 13.1. The predicted octanol–water partition coefficient (Wildman–Crippen LogP) is 2.59. The van der Waals surface area contributed by atoms with Crippen molar-refractivity contribution in [2.75, 3.05) is 16.3 Å². The van der Waals surface area contributed by atoms with Crippen LogP contribution in [0.3, 0.4) is 0 Å². The van der Waals surface area contributed by atoms with Crippen LogP contribution in [0.5, 0.6) is 0 Å². The second-order valence-corrected chi connectivity index (χ2v) is 6.32. The Morgan fingerprint density at radius 1 is 1.00 bits per heavy atom. The van der Waals surface area contributed by atoms with Gasteiger partial charge >= 0.3 is 0 Å². The van der Waals surface area contributed by atoms with E-state index in [2.05, 4.69) is 10.0 Å². The molecule has 0 unspecified atom stereocenters. The fraction of sp³-hybridized carbons (Fsp3) is 0.0714. The van der Waals surface area contributed by atoms with Crippen LogP contribution in [0.25, 0.3) is 0 Å². The first-order chi connectivity index (χ1) is 10.2. The summed E-state index contributed by atoms with van der Waals surface area (Å²) in [5.74, 6) is -2.44. The lowest BCUT2D eigenvalue weighted by molar-refractivity contribution is 0.102. The molecule has 0 heterocycles. The Bertz CT molecular complexity index is 802.